The Morgan fingerprint density at radius 3 is 2.71 bits per heavy atom. The van der Waals surface area contributed by atoms with Crippen LogP contribution in [0.25, 0.3) is 0 Å². The van der Waals surface area contributed by atoms with Crippen molar-refractivity contribution >= 4 is 5.90 Å². The molecule has 0 aliphatic carbocycles. The van der Waals surface area contributed by atoms with Crippen LogP contribution in [0.2, 0.25) is 0 Å². The normalized spacial score (nSPS) is 11.9. The summed E-state index contributed by atoms with van der Waals surface area (Å²) < 4.78 is 0. The molecule has 6 nitrogen and oxygen atoms in total. The molecule has 0 aromatic carbocycles. The number of aromatic nitrogens is 2. The maximum absolute atomic E-state index is 10.7. The van der Waals surface area contributed by atoms with E-state index in [1.54, 1.807) is 27.2 Å². The monoisotopic (exact) mass is 196 g/mol. The highest BCUT2D eigenvalue weighted by atomic mass is 16.7. The lowest BCUT2D eigenvalue weighted by Crippen LogP contribution is -2.21. The van der Waals surface area contributed by atoms with Gasteiger partial charge >= 0.3 is 0 Å². The number of H-pyrrole nitrogens is 1. The van der Waals surface area contributed by atoms with E-state index in [4.69, 9.17) is 4.84 Å². The van der Waals surface area contributed by atoms with E-state index in [1.165, 1.54) is 11.1 Å². The summed E-state index contributed by atoms with van der Waals surface area (Å²) in [5.74, 6) is 0.353. The summed E-state index contributed by atoms with van der Waals surface area (Å²) in [6.45, 7) is 0. The number of nitrogens with one attached hydrogen (secondary N) is 1. The van der Waals surface area contributed by atoms with Crippen molar-refractivity contribution in [2.24, 2.45) is 4.99 Å². The van der Waals surface area contributed by atoms with E-state index in [2.05, 4.69) is 15.2 Å². The highest BCUT2D eigenvalue weighted by molar-refractivity contribution is 5.91. The fourth-order valence-electron chi connectivity index (χ4n) is 0.839. The van der Waals surface area contributed by atoms with E-state index in [0.717, 1.165) is 0 Å². The number of hydrogen-bond donors (Lipinski definition) is 1. The summed E-state index contributed by atoms with van der Waals surface area (Å²) in [5, 5.41) is 7.58. The molecule has 0 aliphatic heterocycles. The molecule has 0 aliphatic rings. The van der Waals surface area contributed by atoms with Crippen LogP contribution < -0.4 is 5.56 Å². The van der Waals surface area contributed by atoms with Crippen molar-refractivity contribution in [2.45, 2.75) is 0 Å². The second kappa shape index (κ2) is 4.52. The van der Waals surface area contributed by atoms with Gasteiger partial charge in [-0.1, -0.05) is 0 Å². The molecule has 1 aromatic rings. The lowest BCUT2D eigenvalue weighted by molar-refractivity contribution is -0.0185. The van der Waals surface area contributed by atoms with Gasteiger partial charge in [0.15, 0.2) is 0 Å². The number of hydrogen-bond acceptors (Lipinski definition) is 5. The first-order chi connectivity index (χ1) is 6.63. The molecule has 0 spiro atoms. The molecule has 1 heterocycles. The third-order valence-electron chi connectivity index (χ3n) is 1.37. The molecule has 1 aromatic heterocycles. The van der Waals surface area contributed by atoms with Gasteiger partial charge < -0.3 is 4.84 Å². The summed E-state index contributed by atoms with van der Waals surface area (Å²) in [4.78, 5) is 19.9. The van der Waals surface area contributed by atoms with Crippen LogP contribution in [0, 0.1) is 0 Å². The van der Waals surface area contributed by atoms with Crippen LogP contribution in [0.4, 0.5) is 0 Å². The predicted molar refractivity (Wildman–Crippen MR) is 52.1 cm³/mol. The summed E-state index contributed by atoms with van der Waals surface area (Å²) in [7, 11) is 5.05. The SMILES string of the molecule is CN=C(ON(C)C)c1ccc(=O)[nH]n1. The largest absolute Gasteiger partial charge is 0.384 e. The molecule has 0 saturated heterocycles. The number of nitrogens with zero attached hydrogens (tertiary/aromatic N) is 3. The van der Waals surface area contributed by atoms with Gasteiger partial charge in [-0.15, -0.1) is 5.06 Å². The number of aliphatic imine (C=N–C) groups is 1. The van der Waals surface area contributed by atoms with E-state index in [-0.39, 0.29) is 5.56 Å². The first-order valence-corrected chi connectivity index (χ1v) is 4.01. The molecule has 76 valence electrons. The average molecular weight is 196 g/mol. The molecule has 0 unspecified atom stereocenters. The summed E-state index contributed by atoms with van der Waals surface area (Å²) in [6, 6.07) is 2.91. The Morgan fingerprint density at radius 2 is 2.29 bits per heavy atom. The molecule has 0 bridgehead atoms. The number of aromatic amines is 1. The number of rotatable bonds is 2. The van der Waals surface area contributed by atoms with Crippen LogP contribution >= 0.6 is 0 Å². The van der Waals surface area contributed by atoms with Gasteiger partial charge in [-0.05, 0) is 6.07 Å². The second-order valence-corrected chi connectivity index (χ2v) is 2.74. The van der Waals surface area contributed by atoms with E-state index in [0.29, 0.717) is 11.6 Å². The van der Waals surface area contributed by atoms with Gasteiger partial charge in [-0.2, -0.15) is 5.10 Å². The van der Waals surface area contributed by atoms with Gasteiger partial charge in [0.05, 0.1) is 0 Å². The molecular weight excluding hydrogens is 184 g/mol. The fraction of sp³-hybridized carbons (Fsp3) is 0.375. The highest BCUT2D eigenvalue weighted by Gasteiger charge is 2.07. The Morgan fingerprint density at radius 1 is 1.57 bits per heavy atom. The maximum atomic E-state index is 10.7. The van der Waals surface area contributed by atoms with Gasteiger partial charge in [0.1, 0.15) is 5.69 Å². The molecular formula is C8H12N4O2. The number of hydroxylamine groups is 2. The lowest BCUT2D eigenvalue weighted by Gasteiger charge is -2.12. The Labute approximate surface area is 81.2 Å². The van der Waals surface area contributed by atoms with Gasteiger partial charge in [0, 0.05) is 27.2 Å². The van der Waals surface area contributed by atoms with Crippen LogP contribution in [0.3, 0.4) is 0 Å². The van der Waals surface area contributed by atoms with Gasteiger partial charge in [-0.25, -0.2) is 5.10 Å². The summed E-state index contributed by atoms with van der Waals surface area (Å²) in [5.41, 5.74) is 0.231. The zero-order valence-electron chi connectivity index (χ0n) is 8.31. The van der Waals surface area contributed by atoms with Crippen LogP contribution in [-0.4, -0.2) is 42.3 Å². The Kier molecular flexibility index (Phi) is 3.35. The van der Waals surface area contributed by atoms with E-state index >= 15 is 0 Å². The molecule has 1 rings (SSSR count). The third kappa shape index (κ3) is 2.67. The third-order valence-corrected chi connectivity index (χ3v) is 1.37. The summed E-state index contributed by atoms with van der Waals surface area (Å²) in [6.07, 6.45) is 0. The van der Waals surface area contributed by atoms with Crippen molar-refractivity contribution in [3.63, 3.8) is 0 Å². The van der Waals surface area contributed by atoms with E-state index in [9.17, 15) is 4.79 Å². The van der Waals surface area contributed by atoms with Crippen molar-refractivity contribution in [1.82, 2.24) is 15.3 Å². The topological polar surface area (TPSA) is 70.6 Å². The van der Waals surface area contributed by atoms with Gasteiger partial charge in [0.2, 0.25) is 0 Å². The van der Waals surface area contributed by atoms with E-state index in [1.807, 2.05) is 0 Å². The van der Waals surface area contributed by atoms with Crippen molar-refractivity contribution in [3.8, 4) is 0 Å². The van der Waals surface area contributed by atoms with Gasteiger partial charge in [-0.3, -0.25) is 9.79 Å². The molecule has 1 N–H and O–H groups in total. The van der Waals surface area contributed by atoms with Crippen LogP contribution in [0.5, 0.6) is 0 Å². The van der Waals surface area contributed by atoms with Crippen molar-refractivity contribution < 1.29 is 4.84 Å². The molecule has 0 saturated carbocycles. The minimum absolute atomic E-state index is 0.256. The average Bonchev–Trinajstić information content (AvgIpc) is 2.15. The van der Waals surface area contributed by atoms with Gasteiger partial charge in [0.25, 0.3) is 11.5 Å². The Hall–Kier alpha value is -1.69. The zero-order valence-corrected chi connectivity index (χ0v) is 8.31. The smallest absolute Gasteiger partial charge is 0.264 e. The summed E-state index contributed by atoms with van der Waals surface area (Å²) >= 11 is 0. The quantitative estimate of drug-likeness (QED) is 0.398. The van der Waals surface area contributed by atoms with Crippen molar-refractivity contribution in [3.05, 3.63) is 28.2 Å². The molecule has 14 heavy (non-hydrogen) atoms. The maximum Gasteiger partial charge on any atom is 0.264 e. The Bertz CT molecular complexity index is 363. The predicted octanol–water partition coefficient (Wildman–Crippen LogP) is -0.360. The van der Waals surface area contributed by atoms with Crippen molar-refractivity contribution in [1.29, 1.82) is 0 Å². The minimum Gasteiger partial charge on any atom is -0.384 e. The highest BCUT2D eigenvalue weighted by Crippen LogP contribution is 1.96. The fourth-order valence-corrected chi connectivity index (χ4v) is 0.839. The Balaban J connectivity index is 2.91. The van der Waals surface area contributed by atoms with Crippen LogP contribution in [-0.2, 0) is 4.84 Å². The molecule has 0 radical (unpaired) electrons. The molecule has 6 heteroatoms. The lowest BCUT2D eigenvalue weighted by atomic mass is 10.4. The molecule has 0 amide bonds. The molecule has 0 atom stereocenters. The standard InChI is InChI=1S/C8H12N4O2/c1-9-8(14-12(2)3)6-4-5-7(13)11-10-6/h4-5H,1-3H3,(H,11,13). The first kappa shape index (κ1) is 10.4. The minimum atomic E-state index is -0.256. The van der Waals surface area contributed by atoms with E-state index < -0.39 is 0 Å². The van der Waals surface area contributed by atoms with Crippen LogP contribution in [0.1, 0.15) is 5.69 Å². The first-order valence-electron chi connectivity index (χ1n) is 4.01. The zero-order chi connectivity index (χ0) is 10.6. The van der Waals surface area contributed by atoms with Crippen molar-refractivity contribution in [2.75, 3.05) is 21.1 Å². The second-order valence-electron chi connectivity index (χ2n) is 2.74. The molecule has 0 fully saturated rings. The van der Waals surface area contributed by atoms with Crippen LogP contribution in [0.15, 0.2) is 21.9 Å².